The van der Waals surface area contributed by atoms with Crippen LogP contribution in [0, 0.1) is 6.92 Å². The minimum Gasteiger partial charge on any atom is -0.492 e. The fourth-order valence-corrected chi connectivity index (χ4v) is 1.46. The molecule has 0 spiro atoms. The van der Waals surface area contributed by atoms with Crippen LogP contribution in [0.3, 0.4) is 0 Å². The first-order valence-corrected chi connectivity index (χ1v) is 4.88. The van der Waals surface area contributed by atoms with Crippen molar-refractivity contribution >= 4 is 11.6 Å². The smallest absolute Gasteiger partial charge is 0.141 e. The van der Waals surface area contributed by atoms with Crippen molar-refractivity contribution in [3.63, 3.8) is 0 Å². The quantitative estimate of drug-likeness (QED) is 0.746. The first-order valence-electron chi connectivity index (χ1n) is 4.51. The fraction of sp³-hybridized carbons (Fsp3) is 0.364. The van der Waals surface area contributed by atoms with Gasteiger partial charge in [-0.25, -0.2) is 0 Å². The number of hydrogen-bond donors (Lipinski definition) is 0. The van der Waals surface area contributed by atoms with E-state index < -0.39 is 12.6 Å². The molecule has 0 aliphatic heterocycles. The lowest BCUT2D eigenvalue weighted by atomic mass is 10.0. The zero-order valence-electron chi connectivity index (χ0n) is 8.09. The molecule has 1 aromatic rings. The minimum absolute atomic E-state index is 0.421. The van der Waals surface area contributed by atoms with Crippen LogP contribution < -0.4 is 4.74 Å². The van der Waals surface area contributed by atoms with Crippen molar-refractivity contribution in [3.05, 3.63) is 35.7 Å². The Labute approximate surface area is 88.8 Å². The topological polar surface area (TPSA) is 9.23 Å². The maximum atomic E-state index is 12.5. The van der Waals surface area contributed by atoms with Crippen LogP contribution in [-0.4, -0.2) is 13.3 Å². The van der Waals surface area contributed by atoms with Crippen molar-refractivity contribution in [2.45, 2.75) is 12.8 Å². The Morgan fingerprint density at radius 1 is 1.57 bits per heavy atom. The van der Waals surface area contributed by atoms with Gasteiger partial charge in [-0.15, -0.1) is 0 Å². The molecule has 1 unspecified atom stereocenters. The predicted octanol–water partition coefficient (Wildman–Crippen LogP) is 3.63. The molecule has 0 aliphatic rings. The molecule has 0 aliphatic carbocycles. The Hall–Kier alpha value is -0.760. The summed E-state index contributed by atoms with van der Waals surface area (Å²) < 4.78 is 17.8. The third-order valence-electron chi connectivity index (χ3n) is 1.91. The summed E-state index contributed by atoms with van der Waals surface area (Å²) in [4.78, 5) is 0. The van der Waals surface area contributed by atoms with Gasteiger partial charge in [-0.05, 0) is 19.9 Å². The van der Waals surface area contributed by atoms with Crippen molar-refractivity contribution < 1.29 is 9.13 Å². The van der Waals surface area contributed by atoms with Crippen molar-refractivity contribution in [1.29, 1.82) is 0 Å². The highest BCUT2D eigenvalue weighted by atomic mass is 35.5. The summed E-state index contributed by atoms with van der Waals surface area (Å²) in [7, 11) is 0. The number of para-hydroxylation sites is 1. The molecule has 1 radical (unpaired) electrons. The Kier molecular flexibility index (Phi) is 4.21. The lowest BCUT2D eigenvalue weighted by molar-refractivity contribution is 0.332. The van der Waals surface area contributed by atoms with Crippen LogP contribution in [-0.2, 0) is 0 Å². The van der Waals surface area contributed by atoms with E-state index >= 15 is 0 Å². The number of benzene rings is 1. The summed E-state index contributed by atoms with van der Waals surface area (Å²) in [6, 6.07) is 5.28. The monoisotopic (exact) mass is 215 g/mol. The highest BCUT2D eigenvalue weighted by Crippen LogP contribution is 2.33. The number of rotatable bonds is 4. The van der Waals surface area contributed by atoms with E-state index in [4.69, 9.17) is 16.3 Å². The molecule has 1 atom stereocenters. The summed E-state index contributed by atoms with van der Waals surface area (Å²) >= 11 is 5.93. The molecule has 77 valence electrons. The molecule has 1 aromatic carbocycles. The van der Waals surface area contributed by atoms with Crippen molar-refractivity contribution in [1.82, 2.24) is 0 Å². The highest BCUT2D eigenvalue weighted by molar-refractivity contribution is 6.32. The highest BCUT2D eigenvalue weighted by Gasteiger charge is 2.13. The SMILES string of the molecule is [CH2]C(CF)c1cccc(Cl)c1OCC. The molecule has 0 aromatic heterocycles. The predicted molar refractivity (Wildman–Crippen MR) is 56.7 cm³/mol. The Balaban J connectivity index is 3.07. The average Bonchev–Trinajstić information content (AvgIpc) is 2.20. The molecule has 1 rings (SSSR count). The average molecular weight is 216 g/mol. The summed E-state index contributed by atoms with van der Waals surface area (Å²) in [5.74, 6) is 0.129. The van der Waals surface area contributed by atoms with Gasteiger partial charge in [0.05, 0.1) is 18.3 Å². The second-order valence-corrected chi connectivity index (χ2v) is 3.35. The lowest BCUT2D eigenvalue weighted by Gasteiger charge is -2.14. The first-order chi connectivity index (χ1) is 6.70. The van der Waals surface area contributed by atoms with Gasteiger partial charge in [0.15, 0.2) is 0 Å². The van der Waals surface area contributed by atoms with Gasteiger partial charge >= 0.3 is 0 Å². The van der Waals surface area contributed by atoms with E-state index in [1.807, 2.05) is 6.92 Å². The molecule has 0 saturated heterocycles. The second kappa shape index (κ2) is 5.20. The summed E-state index contributed by atoms with van der Waals surface area (Å²) in [5, 5.41) is 0.506. The van der Waals surface area contributed by atoms with Gasteiger partial charge in [0.25, 0.3) is 0 Å². The van der Waals surface area contributed by atoms with Crippen LogP contribution in [0.2, 0.25) is 5.02 Å². The molecule has 0 fully saturated rings. The number of ether oxygens (including phenoxy) is 1. The van der Waals surface area contributed by atoms with Gasteiger partial charge < -0.3 is 4.74 Å². The Bertz CT molecular complexity index is 301. The maximum absolute atomic E-state index is 12.5. The molecule has 0 saturated carbocycles. The van der Waals surface area contributed by atoms with Crippen molar-refractivity contribution in [2.24, 2.45) is 0 Å². The molecular formula is C11H13ClFO. The fourth-order valence-electron chi connectivity index (χ4n) is 1.23. The maximum Gasteiger partial charge on any atom is 0.141 e. The van der Waals surface area contributed by atoms with Crippen molar-refractivity contribution in [3.8, 4) is 5.75 Å². The molecule has 14 heavy (non-hydrogen) atoms. The van der Waals surface area contributed by atoms with Crippen LogP contribution in [0.4, 0.5) is 4.39 Å². The Morgan fingerprint density at radius 2 is 2.29 bits per heavy atom. The van der Waals surface area contributed by atoms with E-state index in [1.165, 1.54) is 0 Å². The van der Waals surface area contributed by atoms with Gasteiger partial charge in [-0.1, -0.05) is 23.7 Å². The van der Waals surface area contributed by atoms with Crippen molar-refractivity contribution in [2.75, 3.05) is 13.3 Å². The van der Waals surface area contributed by atoms with Crippen LogP contribution in [0.25, 0.3) is 0 Å². The number of halogens is 2. The van der Waals surface area contributed by atoms with E-state index in [1.54, 1.807) is 18.2 Å². The van der Waals surface area contributed by atoms with Gasteiger partial charge in [0.1, 0.15) is 5.75 Å². The van der Waals surface area contributed by atoms with Gasteiger partial charge in [-0.2, -0.15) is 0 Å². The van der Waals surface area contributed by atoms with Gasteiger partial charge in [0, 0.05) is 11.5 Å². The normalized spacial score (nSPS) is 12.6. The van der Waals surface area contributed by atoms with Gasteiger partial charge in [-0.3, -0.25) is 4.39 Å². The second-order valence-electron chi connectivity index (χ2n) is 2.94. The third-order valence-corrected chi connectivity index (χ3v) is 2.21. The number of alkyl halides is 1. The minimum atomic E-state index is -0.513. The van der Waals surface area contributed by atoms with E-state index in [-0.39, 0.29) is 0 Å². The van der Waals surface area contributed by atoms with E-state index in [2.05, 4.69) is 6.92 Å². The number of hydrogen-bond acceptors (Lipinski definition) is 1. The van der Waals surface area contributed by atoms with Crippen LogP contribution in [0.15, 0.2) is 18.2 Å². The van der Waals surface area contributed by atoms with E-state index in [0.29, 0.717) is 17.4 Å². The van der Waals surface area contributed by atoms with Crippen LogP contribution in [0.5, 0.6) is 5.75 Å². The van der Waals surface area contributed by atoms with Gasteiger partial charge in [0.2, 0.25) is 0 Å². The summed E-state index contributed by atoms with van der Waals surface area (Å²) in [5.41, 5.74) is 0.724. The lowest BCUT2D eigenvalue weighted by Crippen LogP contribution is -2.02. The van der Waals surface area contributed by atoms with Crippen LogP contribution >= 0.6 is 11.6 Å². The molecule has 1 nitrogen and oxygen atoms in total. The summed E-state index contributed by atoms with van der Waals surface area (Å²) in [6.07, 6.45) is 0. The molecule has 0 amide bonds. The molecule has 0 heterocycles. The third kappa shape index (κ3) is 2.38. The van der Waals surface area contributed by atoms with E-state index in [0.717, 1.165) is 5.56 Å². The zero-order valence-corrected chi connectivity index (χ0v) is 8.85. The zero-order chi connectivity index (χ0) is 10.6. The first kappa shape index (κ1) is 11.3. The summed E-state index contributed by atoms with van der Waals surface area (Å²) in [6.45, 7) is 5.56. The Morgan fingerprint density at radius 3 is 2.86 bits per heavy atom. The standard InChI is InChI=1S/C11H13ClFO/c1-3-14-11-9(8(2)7-13)5-4-6-10(11)12/h4-6,8H,2-3,7H2,1H3. The molecule has 0 N–H and O–H groups in total. The largest absolute Gasteiger partial charge is 0.492 e. The van der Waals surface area contributed by atoms with Crippen LogP contribution in [0.1, 0.15) is 18.4 Å². The molecule has 3 heteroatoms. The molecular weight excluding hydrogens is 203 g/mol. The molecule has 0 bridgehead atoms. The van der Waals surface area contributed by atoms with E-state index in [9.17, 15) is 4.39 Å².